The number of ether oxygens (including phenoxy) is 1. The van der Waals surface area contributed by atoms with Gasteiger partial charge in [0.05, 0.1) is 12.7 Å². The Labute approximate surface area is 200 Å². The van der Waals surface area contributed by atoms with E-state index in [1.54, 1.807) is 6.08 Å². The topological polar surface area (TPSA) is 70.6 Å². The van der Waals surface area contributed by atoms with Crippen molar-refractivity contribution in [3.63, 3.8) is 0 Å². The van der Waals surface area contributed by atoms with Crippen molar-refractivity contribution in [2.45, 2.75) is 26.4 Å². The quantitative estimate of drug-likeness (QED) is 0.333. The Bertz CT molecular complexity index is 1200. The summed E-state index contributed by atoms with van der Waals surface area (Å²) in [7, 11) is 0. The fraction of sp³-hybridized carbons (Fsp3) is 0.207. The van der Waals surface area contributed by atoms with Crippen LogP contribution in [-0.4, -0.2) is 30.3 Å². The van der Waals surface area contributed by atoms with Crippen LogP contribution in [0.5, 0.6) is 5.75 Å². The van der Waals surface area contributed by atoms with Gasteiger partial charge in [-0.05, 0) is 54.8 Å². The van der Waals surface area contributed by atoms with E-state index in [-0.39, 0.29) is 5.91 Å². The average molecular weight is 455 g/mol. The predicted molar refractivity (Wildman–Crippen MR) is 138 cm³/mol. The molecular weight excluding hydrogens is 424 g/mol. The molecule has 1 amide bonds. The number of hydrogen-bond acceptors (Lipinski definition) is 4. The van der Waals surface area contributed by atoms with E-state index in [1.165, 1.54) is 11.6 Å². The second-order valence-corrected chi connectivity index (χ2v) is 8.32. The highest BCUT2D eigenvalue weighted by molar-refractivity contribution is 6.00. The standard InChI is InChI=1S/C29H30N2O3/c1-3-34-24-16-14-22(15-17-24)25(21-12-10-20(2)11-13-21)6-4-9-29(33)31-28-8-5-7-27-26(28)18-23(32)19-30-27/h4-17,23,30,32H,3,18-19H2,1-2H3,(H,31,33)/b9-4+,25-6+. The molecule has 1 heterocycles. The van der Waals surface area contributed by atoms with Crippen LogP contribution in [0, 0.1) is 6.92 Å². The van der Waals surface area contributed by atoms with Crippen molar-refractivity contribution in [2.24, 2.45) is 0 Å². The molecule has 0 aromatic heterocycles. The molecule has 3 N–H and O–H groups in total. The van der Waals surface area contributed by atoms with Crippen molar-refractivity contribution in [1.82, 2.24) is 0 Å². The van der Waals surface area contributed by atoms with Crippen molar-refractivity contribution >= 4 is 22.9 Å². The summed E-state index contributed by atoms with van der Waals surface area (Å²) in [6.45, 7) is 5.16. The Morgan fingerprint density at radius 3 is 2.50 bits per heavy atom. The van der Waals surface area contributed by atoms with E-state index in [4.69, 9.17) is 4.74 Å². The Kier molecular flexibility index (Phi) is 7.45. The SMILES string of the molecule is CCOc1ccc(/C(=C/C=C/C(=O)Nc2cccc3c2CC(O)CN3)c2ccc(C)cc2)cc1. The van der Waals surface area contributed by atoms with Gasteiger partial charge in [-0.25, -0.2) is 0 Å². The molecule has 0 saturated carbocycles. The molecule has 0 fully saturated rings. The minimum Gasteiger partial charge on any atom is -0.494 e. The van der Waals surface area contributed by atoms with Gasteiger partial charge in [0.2, 0.25) is 5.91 Å². The lowest BCUT2D eigenvalue weighted by Crippen LogP contribution is -2.28. The molecule has 3 aromatic rings. The molecule has 1 atom stereocenters. The van der Waals surface area contributed by atoms with Crippen molar-refractivity contribution in [2.75, 3.05) is 23.8 Å². The van der Waals surface area contributed by atoms with Gasteiger partial charge >= 0.3 is 0 Å². The monoisotopic (exact) mass is 454 g/mol. The second-order valence-electron chi connectivity index (χ2n) is 8.32. The van der Waals surface area contributed by atoms with Crippen LogP contribution in [0.2, 0.25) is 0 Å². The zero-order valence-corrected chi connectivity index (χ0v) is 19.5. The summed E-state index contributed by atoms with van der Waals surface area (Å²) in [5.74, 6) is 0.606. The molecule has 0 spiro atoms. The smallest absolute Gasteiger partial charge is 0.248 e. The largest absolute Gasteiger partial charge is 0.494 e. The molecule has 0 aliphatic carbocycles. The van der Waals surface area contributed by atoms with Crippen LogP contribution in [0.1, 0.15) is 29.2 Å². The van der Waals surface area contributed by atoms with Gasteiger partial charge in [-0.15, -0.1) is 0 Å². The van der Waals surface area contributed by atoms with Crippen LogP contribution in [0.3, 0.4) is 0 Å². The first-order chi connectivity index (χ1) is 16.5. The van der Waals surface area contributed by atoms with Gasteiger partial charge in [-0.2, -0.15) is 0 Å². The summed E-state index contributed by atoms with van der Waals surface area (Å²) in [4.78, 5) is 12.7. The molecule has 34 heavy (non-hydrogen) atoms. The minimum atomic E-state index is -0.463. The third-order valence-corrected chi connectivity index (χ3v) is 5.75. The van der Waals surface area contributed by atoms with Crippen LogP contribution in [0.15, 0.2) is 85.0 Å². The van der Waals surface area contributed by atoms with Crippen molar-refractivity contribution in [3.05, 3.63) is 107 Å². The number of nitrogens with one attached hydrogen (secondary N) is 2. The maximum Gasteiger partial charge on any atom is 0.248 e. The van der Waals surface area contributed by atoms with E-state index in [9.17, 15) is 9.90 Å². The number of aryl methyl sites for hydroxylation is 1. The summed E-state index contributed by atoms with van der Waals surface area (Å²) in [6, 6.07) is 22.0. The molecule has 3 aromatic carbocycles. The fourth-order valence-electron chi connectivity index (χ4n) is 4.02. The van der Waals surface area contributed by atoms with Crippen LogP contribution in [0.25, 0.3) is 5.57 Å². The number of hydrogen-bond donors (Lipinski definition) is 3. The summed E-state index contributed by atoms with van der Waals surface area (Å²) in [5.41, 5.74) is 6.89. The molecule has 0 radical (unpaired) electrons. The highest BCUT2D eigenvalue weighted by Crippen LogP contribution is 2.29. The van der Waals surface area contributed by atoms with Crippen LogP contribution < -0.4 is 15.4 Å². The predicted octanol–water partition coefficient (Wildman–Crippen LogP) is 5.35. The highest BCUT2D eigenvalue weighted by atomic mass is 16.5. The maximum atomic E-state index is 12.7. The third-order valence-electron chi connectivity index (χ3n) is 5.75. The molecule has 1 aliphatic heterocycles. The molecule has 1 aliphatic rings. The summed E-state index contributed by atoms with van der Waals surface area (Å²) in [5, 5.41) is 16.1. The van der Waals surface area contributed by atoms with Gasteiger partial charge in [0.1, 0.15) is 5.75 Å². The van der Waals surface area contributed by atoms with E-state index in [2.05, 4.69) is 41.8 Å². The first-order valence-electron chi connectivity index (χ1n) is 11.6. The van der Waals surface area contributed by atoms with E-state index in [0.29, 0.717) is 25.3 Å². The van der Waals surface area contributed by atoms with Crippen molar-refractivity contribution in [1.29, 1.82) is 0 Å². The van der Waals surface area contributed by atoms with E-state index < -0.39 is 6.10 Å². The molecular formula is C29H30N2O3. The molecule has 4 rings (SSSR count). The number of allylic oxidation sites excluding steroid dienone is 2. The Morgan fingerprint density at radius 2 is 1.79 bits per heavy atom. The van der Waals surface area contributed by atoms with Crippen molar-refractivity contribution in [3.8, 4) is 5.75 Å². The van der Waals surface area contributed by atoms with E-state index in [1.807, 2.05) is 55.5 Å². The number of anilines is 2. The number of amides is 1. The molecule has 1 unspecified atom stereocenters. The first-order valence-corrected chi connectivity index (χ1v) is 11.6. The van der Waals surface area contributed by atoms with Crippen molar-refractivity contribution < 1.29 is 14.6 Å². The molecule has 5 heteroatoms. The van der Waals surface area contributed by atoms with Crippen LogP contribution in [0.4, 0.5) is 11.4 Å². The molecule has 5 nitrogen and oxygen atoms in total. The Morgan fingerprint density at radius 1 is 1.09 bits per heavy atom. The zero-order chi connectivity index (χ0) is 23.9. The number of aliphatic hydroxyl groups is 1. The lowest BCUT2D eigenvalue weighted by Gasteiger charge is -2.24. The van der Waals surface area contributed by atoms with E-state index in [0.717, 1.165) is 33.7 Å². The van der Waals surface area contributed by atoms with Crippen LogP contribution >= 0.6 is 0 Å². The lowest BCUT2D eigenvalue weighted by atomic mass is 9.96. The number of β-amino-alcohol motifs (C(OH)–C–C–N with tert-alkyl or cyclic N) is 1. The van der Waals surface area contributed by atoms with E-state index >= 15 is 0 Å². The Balaban J connectivity index is 1.55. The Hall–Kier alpha value is -3.83. The molecule has 0 bridgehead atoms. The summed E-state index contributed by atoms with van der Waals surface area (Å²) in [6.07, 6.45) is 5.29. The average Bonchev–Trinajstić information content (AvgIpc) is 2.84. The second kappa shape index (κ2) is 10.9. The fourth-order valence-corrected chi connectivity index (χ4v) is 4.02. The van der Waals surface area contributed by atoms with Crippen LogP contribution in [-0.2, 0) is 11.2 Å². The number of carbonyl (C=O) groups excluding carboxylic acids is 1. The summed E-state index contributed by atoms with van der Waals surface area (Å²) >= 11 is 0. The number of rotatable bonds is 7. The van der Waals surface area contributed by atoms with Gasteiger partial charge in [-0.1, -0.05) is 60.2 Å². The van der Waals surface area contributed by atoms with Gasteiger partial charge < -0.3 is 20.5 Å². The third kappa shape index (κ3) is 5.74. The summed E-state index contributed by atoms with van der Waals surface area (Å²) < 4.78 is 5.57. The molecule has 174 valence electrons. The minimum absolute atomic E-state index is 0.223. The highest BCUT2D eigenvalue weighted by Gasteiger charge is 2.19. The number of aliphatic hydroxyl groups excluding tert-OH is 1. The number of fused-ring (bicyclic) bond motifs is 1. The van der Waals surface area contributed by atoms with Gasteiger partial charge in [0, 0.05) is 36.0 Å². The number of benzene rings is 3. The molecule has 0 saturated heterocycles. The zero-order valence-electron chi connectivity index (χ0n) is 19.5. The normalized spacial score (nSPS) is 15.5. The van der Waals surface area contributed by atoms with Gasteiger partial charge in [-0.3, -0.25) is 4.79 Å². The maximum absolute atomic E-state index is 12.7. The lowest BCUT2D eigenvalue weighted by molar-refractivity contribution is -0.111. The first kappa shape index (κ1) is 23.3. The van der Waals surface area contributed by atoms with Gasteiger partial charge in [0.15, 0.2) is 0 Å². The van der Waals surface area contributed by atoms with Gasteiger partial charge in [0.25, 0.3) is 0 Å². The number of carbonyl (C=O) groups is 1.